The molecule has 2 aliphatic rings. The lowest BCUT2D eigenvalue weighted by molar-refractivity contribution is -0.0338. The molecule has 9 nitrogen and oxygen atoms in total. The smallest absolute Gasteiger partial charge is 0.137 e. The van der Waals surface area contributed by atoms with E-state index in [1.807, 2.05) is 12.1 Å². The molecule has 3 aromatic heterocycles. The number of H-pyrrole nitrogens is 1. The number of nitrogens with one attached hydrogen (secondary N) is 2. The zero-order valence-corrected chi connectivity index (χ0v) is 19.1. The molecule has 2 saturated heterocycles. The zero-order chi connectivity index (χ0) is 22.2. The summed E-state index contributed by atoms with van der Waals surface area (Å²) in [5.41, 5.74) is 2.49. The van der Waals surface area contributed by atoms with Gasteiger partial charge >= 0.3 is 0 Å². The first-order chi connectivity index (χ1) is 15.5. The molecule has 0 bridgehead atoms. The van der Waals surface area contributed by atoms with E-state index in [1.54, 1.807) is 12.5 Å². The normalized spacial score (nSPS) is 28.8. The summed E-state index contributed by atoms with van der Waals surface area (Å²) in [6.07, 6.45) is 6.08. The molecule has 0 aromatic carbocycles. The Kier molecular flexibility index (Phi) is 5.69. The first-order valence-electron chi connectivity index (χ1n) is 11.4. The van der Waals surface area contributed by atoms with Gasteiger partial charge in [-0.25, -0.2) is 15.0 Å². The van der Waals surface area contributed by atoms with E-state index < -0.39 is 0 Å². The Labute approximate surface area is 187 Å². The minimum atomic E-state index is 0.160. The van der Waals surface area contributed by atoms with Crippen molar-refractivity contribution in [3.8, 4) is 11.4 Å². The predicted molar refractivity (Wildman–Crippen MR) is 124 cm³/mol. The minimum absolute atomic E-state index is 0.160. The number of aromatic amines is 1. The first kappa shape index (κ1) is 21.1. The number of nitrogens with zero attached hydrogens (tertiary/aromatic N) is 5. The van der Waals surface area contributed by atoms with Crippen LogP contribution in [0.3, 0.4) is 0 Å². The molecular formula is C23H31N7O2. The molecule has 5 atom stereocenters. The number of anilines is 2. The van der Waals surface area contributed by atoms with Gasteiger partial charge in [-0.15, -0.1) is 0 Å². The molecule has 1 unspecified atom stereocenters. The Morgan fingerprint density at radius 3 is 2.44 bits per heavy atom. The Hall–Kier alpha value is -2.78. The number of ether oxygens (including phenoxy) is 2. The molecule has 5 rings (SSSR count). The highest BCUT2D eigenvalue weighted by molar-refractivity contribution is 6.00. The molecule has 2 N–H and O–H groups in total. The average Bonchev–Trinajstić information content (AvgIpc) is 3.18. The van der Waals surface area contributed by atoms with Crippen LogP contribution >= 0.6 is 0 Å². The quantitative estimate of drug-likeness (QED) is 0.641. The van der Waals surface area contributed by atoms with Gasteiger partial charge in [0.15, 0.2) is 0 Å². The fourth-order valence-electron chi connectivity index (χ4n) is 4.99. The van der Waals surface area contributed by atoms with Crippen molar-refractivity contribution in [1.82, 2.24) is 25.1 Å². The molecule has 32 heavy (non-hydrogen) atoms. The first-order valence-corrected chi connectivity index (χ1v) is 11.4. The lowest BCUT2D eigenvalue weighted by Crippen LogP contribution is -2.45. The second kappa shape index (κ2) is 8.63. The van der Waals surface area contributed by atoms with Crippen LogP contribution in [0.2, 0.25) is 0 Å². The highest BCUT2D eigenvalue weighted by atomic mass is 16.5. The molecule has 170 valence electrons. The van der Waals surface area contributed by atoms with Crippen LogP contribution in [0, 0.1) is 0 Å². The van der Waals surface area contributed by atoms with E-state index in [-0.39, 0.29) is 24.4 Å². The van der Waals surface area contributed by atoms with Gasteiger partial charge in [0.25, 0.3) is 0 Å². The van der Waals surface area contributed by atoms with Crippen molar-refractivity contribution in [3.63, 3.8) is 0 Å². The van der Waals surface area contributed by atoms with E-state index in [9.17, 15) is 0 Å². The second-order valence-electron chi connectivity index (χ2n) is 9.15. The zero-order valence-electron chi connectivity index (χ0n) is 19.1. The fraction of sp³-hybridized carbons (Fsp3) is 0.565. The van der Waals surface area contributed by atoms with Crippen molar-refractivity contribution >= 4 is 22.5 Å². The summed E-state index contributed by atoms with van der Waals surface area (Å²) in [7, 11) is 0. The maximum Gasteiger partial charge on any atom is 0.137 e. The number of pyridine rings is 1. The molecule has 5 heterocycles. The van der Waals surface area contributed by atoms with E-state index in [4.69, 9.17) is 9.47 Å². The Morgan fingerprint density at radius 1 is 0.969 bits per heavy atom. The van der Waals surface area contributed by atoms with Gasteiger partial charge in [0, 0.05) is 31.4 Å². The van der Waals surface area contributed by atoms with Crippen LogP contribution in [0.4, 0.5) is 11.6 Å². The lowest BCUT2D eigenvalue weighted by atomic mass is 9.99. The third kappa shape index (κ3) is 4.27. The van der Waals surface area contributed by atoms with Gasteiger partial charge in [-0.05, 0) is 46.6 Å². The molecule has 0 amide bonds. The number of rotatable bonds is 4. The van der Waals surface area contributed by atoms with Gasteiger partial charge in [0.1, 0.15) is 23.7 Å². The standard InChI is InChI=1S/C23H31N7O2/c1-13-7-17(8-14(2)31-13)27-23-21-18(5-6-24-23)28-29-22(21)19-9-20(26-12-25-19)30-10-15(3)32-16(4)11-30/h5-6,9,12-17H,7-8,10-11H2,1-4H3,(H,24,27)(H,28,29)/t13-,14+,15-,16+,17?. The number of morpholine rings is 1. The highest BCUT2D eigenvalue weighted by Gasteiger charge is 2.27. The molecule has 9 heteroatoms. The monoisotopic (exact) mass is 437 g/mol. The molecule has 0 radical (unpaired) electrons. The average molecular weight is 438 g/mol. The molecule has 0 saturated carbocycles. The molecule has 2 fully saturated rings. The minimum Gasteiger partial charge on any atom is -0.375 e. The van der Waals surface area contributed by atoms with E-state index >= 15 is 0 Å². The summed E-state index contributed by atoms with van der Waals surface area (Å²) in [4.78, 5) is 16.0. The Balaban J connectivity index is 1.47. The van der Waals surface area contributed by atoms with Gasteiger partial charge in [-0.2, -0.15) is 5.10 Å². The van der Waals surface area contributed by atoms with E-state index in [2.05, 4.69) is 63.1 Å². The van der Waals surface area contributed by atoms with Crippen molar-refractivity contribution in [2.45, 2.75) is 71.0 Å². The number of fused-ring (bicyclic) bond motifs is 1. The van der Waals surface area contributed by atoms with Crippen LogP contribution < -0.4 is 10.2 Å². The van der Waals surface area contributed by atoms with Gasteiger partial charge in [0.2, 0.25) is 0 Å². The Morgan fingerprint density at radius 2 is 1.69 bits per heavy atom. The SMILES string of the molecule is C[C@@H]1CC(Nc2nccc3[nH]nc(-c4cc(N5C[C@@H](C)O[C@@H](C)C5)ncn4)c23)C[C@H](C)O1. The molecule has 3 aromatic rings. The van der Waals surface area contributed by atoms with Crippen LogP contribution in [0.5, 0.6) is 0 Å². The summed E-state index contributed by atoms with van der Waals surface area (Å²) in [6.45, 7) is 10.0. The van der Waals surface area contributed by atoms with Gasteiger partial charge in [-0.1, -0.05) is 0 Å². The molecule has 0 spiro atoms. The van der Waals surface area contributed by atoms with Gasteiger partial charge < -0.3 is 19.7 Å². The van der Waals surface area contributed by atoms with E-state index in [1.165, 1.54) is 0 Å². The summed E-state index contributed by atoms with van der Waals surface area (Å²) in [5.74, 6) is 1.71. The van der Waals surface area contributed by atoms with Crippen LogP contribution in [0.25, 0.3) is 22.3 Å². The van der Waals surface area contributed by atoms with Crippen LogP contribution in [-0.4, -0.2) is 68.7 Å². The predicted octanol–water partition coefficient (Wildman–Crippen LogP) is 3.40. The van der Waals surface area contributed by atoms with Crippen molar-refractivity contribution in [2.75, 3.05) is 23.3 Å². The van der Waals surface area contributed by atoms with Crippen molar-refractivity contribution in [2.24, 2.45) is 0 Å². The fourth-order valence-corrected chi connectivity index (χ4v) is 4.99. The lowest BCUT2D eigenvalue weighted by Gasteiger charge is -2.36. The van der Waals surface area contributed by atoms with Crippen molar-refractivity contribution in [1.29, 1.82) is 0 Å². The van der Waals surface area contributed by atoms with Crippen molar-refractivity contribution < 1.29 is 9.47 Å². The number of aromatic nitrogens is 5. The maximum atomic E-state index is 5.90. The maximum absolute atomic E-state index is 5.90. The van der Waals surface area contributed by atoms with Crippen molar-refractivity contribution in [3.05, 3.63) is 24.7 Å². The number of hydrogen-bond donors (Lipinski definition) is 2. The van der Waals surface area contributed by atoms with Crippen LogP contribution in [-0.2, 0) is 9.47 Å². The molecular weight excluding hydrogens is 406 g/mol. The highest BCUT2D eigenvalue weighted by Crippen LogP contribution is 2.33. The second-order valence-corrected chi connectivity index (χ2v) is 9.15. The third-order valence-corrected chi connectivity index (χ3v) is 6.15. The van der Waals surface area contributed by atoms with Crippen LogP contribution in [0.1, 0.15) is 40.5 Å². The molecule has 0 aliphatic carbocycles. The van der Waals surface area contributed by atoms with E-state index in [0.717, 1.165) is 59.9 Å². The largest absolute Gasteiger partial charge is 0.375 e. The summed E-state index contributed by atoms with van der Waals surface area (Å²) < 4.78 is 11.8. The van der Waals surface area contributed by atoms with Gasteiger partial charge in [-0.3, -0.25) is 5.10 Å². The Bertz CT molecular complexity index is 1070. The summed E-state index contributed by atoms with van der Waals surface area (Å²) >= 11 is 0. The van der Waals surface area contributed by atoms with Gasteiger partial charge in [0.05, 0.1) is 41.0 Å². The van der Waals surface area contributed by atoms with E-state index in [0.29, 0.717) is 6.04 Å². The number of hydrogen-bond acceptors (Lipinski definition) is 8. The molecule has 2 aliphatic heterocycles. The third-order valence-electron chi connectivity index (χ3n) is 6.15. The summed E-state index contributed by atoms with van der Waals surface area (Å²) in [5, 5.41) is 12.3. The topological polar surface area (TPSA) is 101 Å². The summed E-state index contributed by atoms with van der Waals surface area (Å²) in [6, 6.07) is 4.25. The van der Waals surface area contributed by atoms with Crippen LogP contribution in [0.15, 0.2) is 24.7 Å².